The van der Waals surface area contributed by atoms with Gasteiger partial charge in [-0.15, -0.1) is 0 Å². The Kier molecular flexibility index (Phi) is 4.03. The number of nitrogens with zero attached hydrogens (tertiary/aromatic N) is 1. The molecule has 0 bridgehead atoms. The third-order valence-electron chi connectivity index (χ3n) is 4.16. The predicted molar refractivity (Wildman–Crippen MR) is 84.3 cm³/mol. The van der Waals surface area contributed by atoms with Gasteiger partial charge in [0.1, 0.15) is 0 Å². The Balaban J connectivity index is 1.77. The van der Waals surface area contributed by atoms with E-state index in [1.165, 1.54) is 36.9 Å². The van der Waals surface area contributed by atoms with Gasteiger partial charge in [-0.05, 0) is 42.6 Å². The third-order valence-corrected chi connectivity index (χ3v) is 4.16. The lowest BCUT2D eigenvalue weighted by Crippen LogP contribution is -2.32. The van der Waals surface area contributed by atoms with Crippen molar-refractivity contribution in [1.29, 1.82) is 0 Å². The van der Waals surface area contributed by atoms with Gasteiger partial charge in [-0.3, -0.25) is 4.90 Å². The highest BCUT2D eigenvalue weighted by Gasteiger charge is 2.23. The Hall–Kier alpha value is -1.80. The standard InChI is InChI=1S/C18H22N2/c19-17-11-9-15(10-12-17)14-20-13-5-4-8-18(20)16-6-2-1-3-7-16/h1-3,6-7,9-12,18H,4-5,8,13-14,19H2. The van der Waals surface area contributed by atoms with Crippen LogP contribution >= 0.6 is 0 Å². The minimum Gasteiger partial charge on any atom is -0.399 e. The monoisotopic (exact) mass is 266 g/mol. The highest BCUT2D eigenvalue weighted by molar-refractivity contribution is 5.39. The molecule has 0 saturated carbocycles. The van der Waals surface area contributed by atoms with Crippen LogP contribution in [0, 0.1) is 0 Å². The Bertz CT molecular complexity index is 533. The molecule has 0 spiro atoms. The molecule has 2 N–H and O–H groups in total. The molecule has 0 amide bonds. The molecule has 20 heavy (non-hydrogen) atoms. The van der Waals surface area contributed by atoms with Crippen molar-refractivity contribution in [2.24, 2.45) is 0 Å². The normalized spacial score (nSPS) is 19.9. The molecule has 2 heteroatoms. The van der Waals surface area contributed by atoms with E-state index in [1.807, 2.05) is 12.1 Å². The van der Waals surface area contributed by atoms with E-state index in [2.05, 4.69) is 47.4 Å². The van der Waals surface area contributed by atoms with E-state index in [4.69, 9.17) is 5.73 Å². The average Bonchev–Trinajstić information content (AvgIpc) is 2.51. The van der Waals surface area contributed by atoms with Gasteiger partial charge in [0.25, 0.3) is 0 Å². The first kappa shape index (κ1) is 13.2. The van der Waals surface area contributed by atoms with Crippen LogP contribution in [0.25, 0.3) is 0 Å². The molecule has 2 aromatic carbocycles. The third kappa shape index (κ3) is 3.02. The molecule has 3 rings (SSSR count). The van der Waals surface area contributed by atoms with Gasteiger partial charge in [0.05, 0.1) is 0 Å². The van der Waals surface area contributed by atoms with Crippen LogP contribution in [-0.4, -0.2) is 11.4 Å². The number of hydrogen-bond donors (Lipinski definition) is 1. The van der Waals surface area contributed by atoms with Gasteiger partial charge in [0, 0.05) is 18.3 Å². The molecular weight excluding hydrogens is 244 g/mol. The minimum absolute atomic E-state index is 0.558. The van der Waals surface area contributed by atoms with Crippen LogP contribution in [-0.2, 0) is 6.54 Å². The number of rotatable bonds is 3. The molecule has 1 saturated heterocycles. The number of piperidine rings is 1. The van der Waals surface area contributed by atoms with E-state index < -0.39 is 0 Å². The molecular formula is C18H22N2. The molecule has 2 nitrogen and oxygen atoms in total. The zero-order chi connectivity index (χ0) is 13.8. The van der Waals surface area contributed by atoms with E-state index in [9.17, 15) is 0 Å². The summed E-state index contributed by atoms with van der Waals surface area (Å²) in [7, 11) is 0. The highest BCUT2D eigenvalue weighted by atomic mass is 15.2. The summed E-state index contributed by atoms with van der Waals surface area (Å²) in [5.41, 5.74) is 9.40. The Labute approximate surface area is 121 Å². The Morgan fingerprint density at radius 3 is 2.45 bits per heavy atom. The van der Waals surface area contributed by atoms with E-state index in [1.54, 1.807) is 0 Å². The minimum atomic E-state index is 0.558. The van der Waals surface area contributed by atoms with Gasteiger partial charge in [0.2, 0.25) is 0 Å². The van der Waals surface area contributed by atoms with Crippen molar-refractivity contribution >= 4 is 5.69 Å². The van der Waals surface area contributed by atoms with Gasteiger partial charge < -0.3 is 5.73 Å². The fourth-order valence-electron chi connectivity index (χ4n) is 3.09. The zero-order valence-corrected chi connectivity index (χ0v) is 11.8. The van der Waals surface area contributed by atoms with Crippen molar-refractivity contribution in [3.8, 4) is 0 Å². The second kappa shape index (κ2) is 6.10. The summed E-state index contributed by atoms with van der Waals surface area (Å²) in [6.45, 7) is 2.20. The van der Waals surface area contributed by atoms with Gasteiger partial charge in [0.15, 0.2) is 0 Å². The molecule has 0 aromatic heterocycles. The first-order valence-electron chi connectivity index (χ1n) is 7.46. The van der Waals surface area contributed by atoms with Crippen molar-refractivity contribution in [3.63, 3.8) is 0 Å². The van der Waals surface area contributed by atoms with Crippen molar-refractivity contribution < 1.29 is 0 Å². The van der Waals surface area contributed by atoms with Crippen molar-refractivity contribution in [2.45, 2.75) is 31.8 Å². The van der Waals surface area contributed by atoms with Crippen molar-refractivity contribution in [1.82, 2.24) is 4.90 Å². The quantitative estimate of drug-likeness (QED) is 0.851. The van der Waals surface area contributed by atoms with Gasteiger partial charge in [-0.2, -0.15) is 0 Å². The molecule has 1 atom stereocenters. The van der Waals surface area contributed by atoms with Crippen LogP contribution < -0.4 is 5.73 Å². The number of nitrogens with two attached hydrogens (primary N) is 1. The lowest BCUT2D eigenvalue weighted by atomic mass is 9.94. The molecule has 2 aromatic rings. The maximum absolute atomic E-state index is 5.76. The van der Waals surface area contributed by atoms with Crippen LogP contribution in [0.5, 0.6) is 0 Å². The molecule has 1 fully saturated rings. The van der Waals surface area contributed by atoms with Crippen LogP contribution in [0.1, 0.15) is 36.4 Å². The van der Waals surface area contributed by atoms with Crippen molar-refractivity contribution in [2.75, 3.05) is 12.3 Å². The second-order valence-electron chi connectivity index (χ2n) is 5.63. The lowest BCUT2D eigenvalue weighted by Gasteiger charge is -2.36. The van der Waals surface area contributed by atoms with E-state index >= 15 is 0 Å². The van der Waals surface area contributed by atoms with Crippen LogP contribution in [0.3, 0.4) is 0 Å². The molecule has 1 aliphatic heterocycles. The Morgan fingerprint density at radius 1 is 0.950 bits per heavy atom. The largest absolute Gasteiger partial charge is 0.399 e. The first-order valence-corrected chi connectivity index (χ1v) is 7.46. The van der Waals surface area contributed by atoms with Gasteiger partial charge in [-0.1, -0.05) is 48.9 Å². The van der Waals surface area contributed by atoms with E-state index in [0.717, 1.165) is 12.2 Å². The van der Waals surface area contributed by atoms with Crippen LogP contribution in [0.15, 0.2) is 54.6 Å². The smallest absolute Gasteiger partial charge is 0.0351 e. The number of likely N-dealkylation sites (tertiary alicyclic amines) is 1. The summed E-state index contributed by atoms with van der Waals surface area (Å²) < 4.78 is 0. The molecule has 1 aliphatic rings. The second-order valence-corrected chi connectivity index (χ2v) is 5.63. The summed E-state index contributed by atoms with van der Waals surface area (Å²) in [6.07, 6.45) is 3.90. The first-order chi connectivity index (χ1) is 9.83. The molecule has 1 unspecified atom stereocenters. The van der Waals surface area contributed by atoms with Crippen LogP contribution in [0.4, 0.5) is 5.69 Å². The molecule has 104 valence electrons. The number of benzene rings is 2. The SMILES string of the molecule is Nc1ccc(CN2CCCCC2c2ccccc2)cc1. The van der Waals surface area contributed by atoms with E-state index in [-0.39, 0.29) is 0 Å². The molecule has 0 radical (unpaired) electrons. The fraction of sp³-hybridized carbons (Fsp3) is 0.333. The van der Waals surface area contributed by atoms with Crippen molar-refractivity contribution in [3.05, 3.63) is 65.7 Å². The van der Waals surface area contributed by atoms with E-state index in [0.29, 0.717) is 6.04 Å². The number of nitrogen functional groups attached to an aromatic ring is 1. The maximum Gasteiger partial charge on any atom is 0.0351 e. The maximum atomic E-state index is 5.76. The molecule has 1 heterocycles. The summed E-state index contributed by atoms with van der Waals surface area (Å²) in [5, 5.41) is 0. The number of hydrogen-bond acceptors (Lipinski definition) is 2. The van der Waals surface area contributed by atoms with Crippen LogP contribution in [0.2, 0.25) is 0 Å². The van der Waals surface area contributed by atoms with Gasteiger partial charge in [-0.25, -0.2) is 0 Å². The summed E-state index contributed by atoms with van der Waals surface area (Å²) >= 11 is 0. The number of anilines is 1. The lowest BCUT2D eigenvalue weighted by molar-refractivity contribution is 0.140. The average molecular weight is 266 g/mol. The fourth-order valence-corrected chi connectivity index (χ4v) is 3.09. The summed E-state index contributed by atoms with van der Waals surface area (Å²) in [6, 6.07) is 19.7. The predicted octanol–water partition coefficient (Wildman–Crippen LogP) is 4.00. The van der Waals surface area contributed by atoms with Gasteiger partial charge >= 0.3 is 0 Å². The topological polar surface area (TPSA) is 29.3 Å². The highest BCUT2D eigenvalue weighted by Crippen LogP contribution is 2.31. The molecule has 0 aliphatic carbocycles. The summed E-state index contributed by atoms with van der Waals surface area (Å²) in [5.74, 6) is 0. The summed E-state index contributed by atoms with van der Waals surface area (Å²) in [4.78, 5) is 2.60. The Morgan fingerprint density at radius 2 is 1.70 bits per heavy atom. The zero-order valence-electron chi connectivity index (χ0n) is 11.8.